The molecule has 1 amide bonds. The van der Waals surface area contributed by atoms with Crippen molar-refractivity contribution in [3.63, 3.8) is 0 Å². The summed E-state index contributed by atoms with van der Waals surface area (Å²) < 4.78 is 11.3. The monoisotopic (exact) mass is 440 g/mol. The minimum atomic E-state index is -0.449. The third-order valence-electron chi connectivity index (χ3n) is 4.86. The zero-order chi connectivity index (χ0) is 22.4. The molecule has 0 aliphatic rings. The maximum atomic E-state index is 13.0. The topological polar surface area (TPSA) is 81.9 Å². The number of carbonyl (C=O) groups excluding carboxylic acids is 1. The van der Waals surface area contributed by atoms with Gasteiger partial charge in [0.15, 0.2) is 11.5 Å². The van der Waals surface area contributed by atoms with Crippen molar-refractivity contribution in [1.82, 2.24) is 4.90 Å². The molecule has 7 nitrogen and oxygen atoms in total. The summed E-state index contributed by atoms with van der Waals surface area (Å²) in [6.07, 6.45) is 0. The van der Waals surface area contributed by atoms with Gasteiger partial charge < -0.3 is 14.4 Å². The molecule has 1 heterocycles. The minimum Gasteiger partial charge on any atom is -0.493 e. The van der Waals surface area contributed by atoms with E-state index in [1.807, 2.05) is 42.6 Å². The van der Waals surface area contributed by atoms with Crippen molar-refractivity contribution in [2.24, 2.45) is 0 Å². The summed E-state index contributed by atoms with van der Waals surface area (Å²) >= 11 is 1.63. The average Bonchev–Trinajstić information content (AvgIpc) is 3.29. The van der Waals surface area contributed by atoms with E-state index in [0.29, 0.717) is 42.3 Å². The number of hydrogen-bond acceptors (Lipinski definition) is 6. The van der Waals surface area contributed by atoms with Crippen LogP contribution in [0.25, 0.3) is 0 Å². The van der Waals surface area contributed by atoms with Crippen LogP contribution in [-0.4, -0.2) is 29.4 Å². The average molecular weight is 441 g/mol. The third-order valence-corrected chi connectivity index (χ3v) is 5.71. The minimum absolute atomic E-state index is 0.00229. The van der Waals surface area contributed by atoms with Crippen molar-refractivity contribution in [3.8, 4) is 11.5 Å². The van der Waals surface area contributed by atoms with E-state index in [1.54, 1.807) is 36.3 Å². The molecule has 0 aliphatic heterocycles. The van der Waals surface area contributed by atoms with E-state index >= 15 is 0 Å². The maximum absolute atomic E-state index is 13.0. The van der Waals surface area contributed by atoms with Crippen LogP contribution < -0.4 is 9.47 Å². The molecule has 3 aromatic rings. The highest BCUT2D eigenvalue weighted by Gasteiger charge is 2.19. The molecule has 162 valence electrons. The van der Waals surface area contributed by atoms with Crippen LogP contribution in [-0.2, 0) is 13.2 Å². The fourth-order valence-electron chi connectivity index (χ4n) is 3.20. The second-order valence-corrected chi connectivity index (χ2v) is 7.96. The van der Waals surface area contributed by atoms with Gasteiger partial charge in [-0.15, -0.1) is 11.3 Å². The lowest BCUT2D eigenvalue weighted by Crippen LogP contribution is -2.30. The van der Waals surface area contributed by atoms with Crippen molar-refractivity contribution in [1.29, 1.82) is 0 Å². The molecule has 0 aliphatic carbocycles. The van der Waals surface area contributed by atoms with Gasteiger partial charge in [0.1, 0.15) is 6.61 Å². The van der Waals surface area contributed by atoms with Gasteiger partial charge in [-0.1, -0.05) is 12.1 Å². The summed E-state index contributed by atoms with van der Waals surface area (Å²) in [7, 11) is 1.58. The first-order valence-electron chi connectivity index (χ1n) is 9.79. The Balaban J connectivity index is 1.74. The van der Waals surface area contributed by atoms with E-state index in [0.717, 1.165) is 10.4 Å². The van der Waals surface area contributed by atoms with Gasteiger partial charge >= 0.3 is 0 Å². The van der Waals surface area contributed by atoms with E-state index in [9.17, 15) is 14.9 Å². The number of methoxy groups -OCH3 is 1. The summed E-state index contributed by atoms with van der Waals surface area (Å²) in [6.45, 7) is 4.87. The number of carbonyl (C=O) groups is 1. The number of nitro benzene ring substituents is 1. The smallest absolute Gasteiger partial charge is 0.272 e. The molecule has 2 aromatic carbocycles. The summed E-state index contributed by atoms with van der Waals surface area (Å²) in [5, 5.41) is 13.0. The highest BCUT2D eigenvalue weighted by atomic mass is 32.1. The van der Waals surface area contributed by atoms with E-state index in [2.05, 4.69) is 0 Å². The first-order chi connectivity index (χ1) is 14.9. The van der Waals surface area contributed by atoms with Crippen LogP contribution in [0.4, 0.5) is 5.69 Å². The van der Waals surface area contributed by atoms with Crippen LogP contribution in [0.2, 0.25) is 0 Å². The van der Waals surface area contributed by atoms with E-state index < -0.39 is 4.92 Å². The number of thiophene rings is 1. The van der Waals surface area contributed by atoms with E-state index in [1.165, 1.54) is 12.1 Å². The van der Waals surface area contributed by atoms with E-state index in [4.69, 9.17) is 9.47 Å². The number of hydrogen-bond donors (Lipinski definition) is 0. The number of amides is 1. The fourth-order valence-corrected chi connectivity index (χ4v) is 3.81. The highest BCUT2D eigenvalue weighted by molar-refractivity contribution is 7.09. The van der Waals surface area contributed by atoms with Gasteiger partial charge in [-0.2, -0.15) is 0 Å². The summed E-state index contributed by atoms with van der Waals surface area (Å²) in [6, 6.07) is 14.0. The van der Waals surface area contributed by atoms with E-state index in [-0.39, 0.29) is 11.6 Å². The first-order valence-corrected chi connectivity index (χ1v) is 10.7. The van der Waals surface area contributed by atoms with Gasteiger partial charge in [-0.05, 0) is 55.1 Å². The van der Waals surface area contributed by atoms with Crippen LogP contribution in [0.3, 0.4) is 0 Å². The Bertz CT molecular complexity index is 1070. The van der Waals surface area contributed by atoms with Gasteiger partial charge in [-0.25, -0.2) is 0 Å². The van der Waals surface area contributed by atoms with Gasteiger partial charge in [0.05, 0.1) is 12.0 Å². The Labute approximate surface area is 185 Å². The lowest BCUT2D eigenvalue weighted by atomic mass is 10.1. The van der Waals surface area contributed by atoms with Crippen LogP contribution >= 0.6 is 11.3 Å². The predicted octanol–water partition coefficient (Wildman–Crippen LogP) is 5.21. The molecule has 3 rings (SSSR count). The van der Waals surface area contributed by atoms with Crippen molar-refractivity contribution in [3.05, 3.63) is 85.6 Å². The van der Waals surface area contributed by atoms with Crippen molar-refractivity contribution >= 4 is 22.9 Å². The van der Waals surface area contributed by atoms with Crippen molar-refractivity contribution in [2.45, 2.75) is 27.0 Å². The first kappa shape index (κ1) is 22.3. The second-order valence-electron chi connectivity index (χ2n) is 6.93. The van der Waals surface area contributed by atoms with Crippen LogP contribution in [0.15, 0.2) is 53.9 Å². The van der Waals surface area contributed by atoms with Gasteiger partial charge in [-0.3, -0.25) is 14.9 Å². The van der Waals surface area contributed by atoms with Crippen LogP contribution in [0.1, 0.15) is 33.3 Å². The standard InChI is InChI=1S/C23H24N2O5S/c1-4-24(23(26)18-8-9-20(25(27)28)16(2)12-18)14-17-7-10-21(22(13-17)29-3)30-15-19-6-5-11-31-19/h5-13H,4,14-15H2,1-3H3. The molecule has 0 radical (unpaired) electrons. The molecule has 0 saturated heterocycles. The number of nitro groups is 1. The lowest BCUT2D eigenvalue weighted by molar-refractivity contribution is -0.385. The summed E-state index contributed by atoms with van der Waals surface area (Å²) in [4.78, 5) is 26.3. The SMILES string of the molecule is CCN(Cc1ccc(OCc2cccs2)c(OC)c1)C(=O)c1ccc([N+](=O)[O-])c(C)c1. The zero-order valence-electron chi connectivity index (χ0n) is 17.7. The number of ether oxygens (including phenoxy) is 2. The zero-order valence-corrected chi connectivity index (χ0v) is 18.5. The second kappa shape index (κ2) is 10.1. The number of aryl methyl sites for hydroxylation is 1. The Morgan fingerprint density at radius 2 is 1.97 bits per heavy atom. The number of nitrogens with zero attached hydrogens (tertiary/aromatic N) is 2. The predicted molar refractivity (Wildman–Crippen MR) is 120 cm³/mol. The lowest BCUT2D eigenvalue weighted by Gasteiger charge is -2.22. The molecule has 8 heteroatoms. The Morgan fingerprint density at radius 1 is 1.16 bits per heavy atom. The number of rotatable bonds is 9. The molecule has 0 unspecified atom stereocenters. The van der Waals surface area contributed by atoms with Crippen molar-refractivity contribution < 1.29 is 19.2 Å². The molecule has 0 spiro atoms. The van der Waals surface area contributed by atoms with Crippen LogP contribution in [0, 0.1) is 17.0 Å². The molecule has 0 fully saturated rings. The molecule has 31 heavy (non-hydrogen) atoms. The largest absolute Gasteiger partial charge is 0.493 e. The Hall–Kier alpha value is -3.39. The summed E-state index contributed by atoms with van der Waals surface area (Å²) in [5.41, 5.74) is 1.78. The number of benzene rings is 2. The molecule has 0 N–H and O–H groups in total. The Kier molecular flexibility index (Phi) is 7.25. The van der Waals surface area contributed by atoms with Gasteiger partial charge in [0.25, 0.3) is 11.6 Å². The van der Waals surface area contributed by atoms with Crippen molar-refractivity contribution in [2.75, 3.05) is 13.7 Å². The van der Waals surface area contributed by atoms with Gasteiger partial charge in [0.2, 0.25) is 0 Å². The third kappa shape index (κ3) is 5.40. The molecule has 0 bridgehead atoms. The molecule has 0 atom stereocenters. The normalized spacial score (nSPS) is 10.5. The molecule has 0 saturated carbocycles. The Morgan fingerprint density at radius 3 is 2.58 bits per heavy atom. The van der Waals surface area contributed by atoms with Crippen LogP contribution in [0.5, 0.6) is 11.5 Å². The fraction of sp³-hybridized carbons (Fsp3) is 0.261. The highest BCUT2D eigenvalue weighted by Crippen LogP contribution is 2.30. The molecular weight excluding hydrogens is 416 g/mol. The molecule has 1 aromatic heterocycles. The molecular formula is C23H24N2O5S. The van der Waals surface area contributed by atoms with Gasteiger partial charge in [0, 0.05) is 35.2 Å². The summed E-state index contributed by atoms with van der Waals surface area (Å²) in [5.74, 6) is 1.06. The maximum Gasteiger partial charge on any atom is 0.272 e. The quantitative estimate of drug-likeness (QED) is 0.337.